The fourth-order valence-corrected chi connectivity index (χ4v) is 3.38. The summed E-state index contributed by atoms with van der Waals surface area (Å²) in [6, 6.07) is 15.3. The Labute approximate surface area is 116 Å². The van der Waals surface area contributed by atoms with Crippen LogP contribution in [0.3, 0.4) is 0 Å². The molecule has 0 amide bonds. The van der Waals surface area contributed by atoms with Gasteiger partial charge >= 0.3 is 0 Å². The highest BCUT2D eigenvalue weighted by molar-refractivity contribution is 9.10. The minimum absolute atomic E-state index is 0.401. The molecule has 1 aliphatic rings. The number of hydrogen-bond acceptors (Lipinski definition) is 0. The zero-order valence-electron chi connectivity index (χ0n) is 10.6. The van der Waals surface area contributed by atoms with Gasteiger partial charge in [-0.3, -0.25) is 0 Å². The van der Waals surface area contributed by atoms with Crippen LogP contribution in [0, 0.1) is 6.92 Å². The molecule has 0 aromatic heterocycles. The van der Waals surface area contributed by atoms with Crippen molar-refractivity contribution in [3.8, 4) is 0 Å². The van der Waals surface area contributed by atoms with Crippen LogP contribution in [0.15, 0.2) is 53.0 Å². The number of benzene rings is 2. The number of rotatable bonds is 1. The monoisotopic (exact) mass is 298 g/mol. The van der Waals surface area contributed by atoms with Gasteiger partial charge in [0.2, 0.25) is 0 Å². The van der Waals surface area contributed by atoms with E-state index in [4.69, 9.17) is 0 Å². The standard InChI is InChI=1S/C17H15Br/c1-11-6-8-13(9-7-11)15-10-12(2)17-14(15)4-3-5-16(17)18/h3-10,15H,1-2H3. The van der Waals surface area contributed by atoms with Crippen molar-refractivity contribution in [2.75, 3.05) is 0 Å². The molecule has 0 heterocycles. The van der Waals surface area contributed by atoms with Crippen molar-refractivity contribution < 1.29 is 0 Å². The zero-order valence-corrected chi connectivity index (χ0v) is 12.2. The van der Waals surface area contributed by atoms with E-state index in [1.54, 1.807) is 0 Å². The molecule has 0 bridgehead atoms. The number of halogens is 1. The topological polar surface area (TPSA) is 0 Å². The molecule has 90 valence electrons. The molecule has 0 N–H and O–H groups in total. The Balaban J connectivity index is 2.13. The molecule has 0 aliphatic heterocycles. The maximum atomic E-state index is 3.66. The van der Waals surface area contributed by atoms with Gasteiger partial charge in [-0.1, -0.05) is 64.0 Å². The fourth-order valence-electron chi connectivity index (χ4n) is 2.69. The van der Waals surface area contributed by atoms with Crippen LogP contribution >= 0.6 is 15.9 Å². The maximum Gasteiger partial charge on any atom is 0.0281 e. The van der Waals surface area contributed by atoms with E-state index in [1.807, 2.05) is 0 Å². The molecule has 1 aliphatic carbocycles. The van der Waals surface area contributed by atoms with Crippen molar-refractivity contribution in [1.29, 1.82) is 0 Å². The summed E-state index contributed by atoms with van der Waals surface area (Å²) in [6.07, 6.45) is 2.36. The van der Waals surface area contributed by atoms with Crippen LogP contribution < -0.4 is 0 Å². The van der Waals surface area contributed by atoms with E-state index in [9.17, 15) is 0 Å². The van der Waals surface area contributed by atoms with E-state index < -0.39 is 0 Å². The van der Waals surface area contributed by atoms with Gasteiger partial charge in [0.15, 0.2) is 0 Å². The van der Waals surface area contributed by atoms with Crippen LogP contribution in [0.4, 0.5) is 0 Å². The third-order valence-electron chi connectivity index (χ3n) is 3.63. The molecule has 0 saturated carbocycles. The molecule has 1 heteroatoms. The minimum Gasteiger partial charge on any atom is -0.0690 e. The molecule has 0 fully saturated rings. The maximum absolute atomic E-state index is 3.66. The SMILES string of the molecule is CC1=CC(c2ccc(C)cc2)c2cccc(Br)c21. The summed E-state index contributed by atoms with van der Waals surface area (Å²) in [5.41, 5.74) is 6.82. The van der Waals surface area contributed by atoms with Crippen molar-refractivity contribution in [2.45, 2.75) is 19.8 Å². The lowest BCUT2D eigenvalue weighted by Gasteiger charge is -2.12. The van der Waals surface area contributed by atoms with E-state index in [-0.39, 0.29) is 0 Å². The largest absolute Gasteiger partial charge is 0.0690 e. The molecule has 2 aromatic carbocycles. The average Bonchev–Trinajstić information content (AvgIpc) is 2.69. The average molecular weight is 299 g/mol. The summed E-state index contributed by atoms with van der Waals surface area (Å²) in [7, 11) is 0. The predicted octanol–water partition coefficient (Wildman–Crippen LogP) is 5.31. The van der Waals surface area contributed by atoms with Gasteiger partial charge in [-0.2, -0.15) is 0 Å². The highest BCUT2D eigenvalue weighted by Gasteiger charge is 2.23. The van der Waals surface area contributed by atoms with Gasteiger partial charge in [-0.05, 0) is 42.2 Å². The predicted molar refractivity (Wildman–Crippen MR) is 80.8 cm³/mol. The molecule has 0 nitrogen and oxygen atoms in total. The lowest BCUT2D eigenvalue weighted by molar-refractivity contribution is 1.05. The smallest absolute Gasteiger partial charge is 0.0281 e. The number of fused-ring (bicyclic) bond motifs is 1. The second-order valence-electron chi connectivity index (χ2n) is 4.94. The normalized spacial score (nSPS) is 17.5. The Morgan fingerprint density at radius 1 is 0.944 bits per heavy atom. The first-order chi connectivity index (χ1) is 8.66. The van der Waals surface area contributed by atoms with E-state index >= 15 is 0 Å². The van der Waals surface area contributed by atoms with Crippen LogP contribution in [-0.2, 0) is 0 Å². The van der Waals surface area contributed by atoms with Crippen LogP contribution in [0.2, 0.25) is 0 Å². The third-order valence-corrected chi connectivity index (χ3v) is 4.29. The summed E-state index contributed by atoms with van der Waals surface area (Å²) < 4.78 is 1.20. The molecule has 2 aromatic rings. The van der Waals surface area contributed by atoms with E-state index in [2.05, 4.69) is 78.3 Å². The van der Waals surface area contributed by atoms with Crippen molar-refractivity contribution in [3.05, 3.63) is 75.3 Å². The van der Waals surface area contributed by atoms with Gasteiger partial charge < -0.3 is 0 Å². The Bertz CT molecular complexity index is 621. The molecule has 0 spiro atoms. The van der Waals surface area contributed by atoms with E-state index in [0.29, 0.717) is 5.92 Å². The first kappa shape index (κ1) is 11.7. The van der Waals surface area contributed by atoms with Gasteiger partial charge in [0.05, 0.1) is 0 Å². The molecule has 3 rings (SSSR count). The van der Waals surface area contributed by atoms with Crippen LogP contribution in [0.1, 0.15) is 35.1 Å². The highest BCUT2D eigenvalue weighted by Crippen LogP contribution is 2.42. The van der Waals surface area contributed by atoms with Gasteiger partial charge in [0.25, 0.3) is 0 Å². The molecule has 0 saturated heterocycles. The summed E-state index contributed by atoms with van der Waals surface area (Å²) in [5.74, 6) is 0.401. The Hall–Kier alpha value is -1.34. The molecular weight excluding hydrogens is 284 g/mol. The summed E-state index contributed by atoms with van der Waals surface area (Å²) >= 11 is 3.66. The molecule has 1 atom stereocenters. The summed E-state index contributed by atoms with van der Waals surface area (Å²) in [5, 5.41) is 0. The number of hydrogen-bond donors (Lipinski definition) is 0. The summed E-state index contributed by atoms with van der Waals surface area (Å²) in [4.78, 5) is 0. The van der Waals surface area contributed by atoms with Gasteiger partial charge in [0.1, 0.15) is 0 Å². The molecule has 1 unspecified atom stereocenters. The Kier molecular flexibility index (Phi) is 2.87. The van der Waals surface area contributed by atoms with Crippen LogP contribution in [0.25, 0.3) is 5.57 Å². The van der Waals surface area contributed by atoms with Crippen LogP contribution in [-0.4, -0.2) is 0 Å². The lowest BCUT2D eigenvalue weighted by atomic mass is 9.93. The van der Waals surface area contributed by atoms with Gasteiger partial charge in [-0.15, -0.1) is 0 Å². The Morgan fingerprint density at radius 3 is 2.39 bits per heavy atom. The zero-order chi connectivity index (χ0) is 12.7. The number of allylic oxidation sites excluding steroid dienone is 2. The van der Waals surface area contributed by atoms with Crippen molar-refractivity contribution in [2.24, 2.45) is 0 Å². The second-order valence-corrected chi connectivity index (χ2v) is 5.80. The van der Waals surface area contributed by atoms with Crippen molar-refractivity contribution in [1.82, 2.24) is 0 Å². The number of aryl methyl sites for hydroxylation is 1. The lowest BCUT2D eigenvalue weighted by Crippen LogP contribution is -1.96. The van der Waals surface area contributed by atoms with Crippen molar-refractivity contribution in [3.63, 3.8) is 0 Å². The molecule has 18 heavy (non-hydrogen) atoms. The second kappa shape index (κ2) is 4.40. The molecular formula is C17H15Br. The van der Waals surface area contributed by atoms with E-state index in [1.165, 1.54) is 32.3 Å². The van der Waals surface area contributed by atoms with E-state index in [0.717, 1.165) is 0 Å². The summed E-state index contributed by atoms with van der Waals surface area (Å²) in [6.45, 7) is 4.32. The fraction of sp³-hybridized carbons (Fsp3) is 0.176. The van der Waals surface area contributed by atoms with Crippen molar-refractivity contribution >= 4 is 21.5 Å². The third kappa shape index (κ3) is 1.83. The first-order valence-electron chi connectivity index (χ1n) is 6.20. The quantitative estimate of drug-likeness (QED) is 0.669. The minimum atomic E-state index is 0.401. The highest BCUT2D eigenvalue weighted by atomic mass is 79.9. The van der Waals surface area contributed by atoms with Gasteiger partial charge in [-0.25, -0.2) is 0 Å². The van der Waals surface area contributed by atoms with Gasteiger partial charge in [0, 0.05) is 10.4 Å². The molecule has 0 radical (unpaired) electrons. The first-order valence-corrected chi connectivity index (χ1v) is 7.00. The Morgan fingerprint density at radius 2 is 1.67 bits per heavy atom. The van der Waals surface area contributed by atoms with Crippen LogP contribution in [0.5, 0.6) is 0 Å².